The highest BCUT2D eigenvalue weighted by Crippen LogP contribution is 2.27. The predicted octanol–water partition coefficient (Wildman–Crippen LogP) is 2.31. The number of carbonyl (C=O) groups is 2. The molecule has 1 aromatic rings. The van der Waals surface area contributed by atoms with Crippen molar-refractivity contribution in [1.82, 2.24) is 24.6 Å². The lowest BCUT2D eigenvalue weighted by Crippen LogP contribution is -2.43. The maximum absolute atomic E-state index is 12.8. The Balaban J connectivity index is 1.63. The highest BCUT2D eigenvalue weighted by molar-refractivity contribution is 5.79. The number of fused-ring (bicyclic) bond motifs is 1. The third-order valence-corrected chi connectivity index (χ3v) is 5.43. The standard InChI is InChI=1S/C19H31N5O2/c1-14(2)11-16-12-23(13-17-21-20-15(3)24(16)17)19(26)8-10-22-9-6-4-5-7-18(22)25/h14,16H,4-13H2,1-3H3/t16-/m0/s1. The molecule has 1 atom stereocenters. The van der Waals surface area contributed by atoms with Gasteiger partial charge in [-0.1, -0.05) is 20.3 Å². The van der Waals surface area contributed by atoms with Crippen LogP contribution in [0, 0.1) is 12.8 Å². The number of likely N-dealkylation sites (tertiary alicyclic amines) is 1. The molecule has 3 rings (SSSR count). The minimum absolute atomic E-state index is 0.114. The van der Waals surface area contributed by atoms with Gasteiger partial charge in [0.25, 0.3) is 0 Å². The molecule has 7 heteroatoms. The topological polar surface area (TPSA) is 71.3 Å². The summed E-state index contributed by atoms with van der Waals surface area (Å²) in [6.45, 7) is 8.92. The number of carbonyl (C=O) groups excluding carboxylic acids is 2. The zero-order valence-electron chi connectivity index (χ0n) is 16.3. The first-order chi connectivity index (χ1) is 12.5. The van der Waals surface area contributed by atoms with Gasteiger partial charge in [0.2, 0.25) is 11.8 Å². The SMILES string of the molecule is Cc1nnc2n1[C@@H](CC(C)C)CN(C(=O)CCN1CCCCCC1=O)C2. The lowest BCUT2D eigenvalue weighted by molar-refractivity contribution is -0.135. The quantitative estimate of drug-likeness (QED) is 0.807. The second kappa shape index (κ2) is 8.18. The van der Waals surface area contributed by atoms with Crippen LogP contribution in [0.15, 0.2) is 0 Å². The predicted molar refractivity (Wildman–Crippen MR) is 98.3 cm³/mol. The number of amides is 2. The van der Waals surface area contributed by atoms with E-state index in [1.807, 2.05) is 16.7 Å². The van der Waals surface area contributed by atoms with Gasteiger partial charge in [-0.05, 0) is 32.1 Å². The average Bonchev–Trinajstić information content (AvgIpc) is 2.84. The average molecular weight is 361 g/mol. The molecule has 3 heterocycles. The molecule has 0 bridgehead atoms. The zero-order chi connectivity index (χ0) is 18.7. The van der Waals surface area contributed by atoms with E-state index in [1.165, 1.54) is 0 Å². The Morgan fingerprint density at radius 2 is 2.04 bits per heavy atom. The monoisotopic (exact) mass is 361 g/mol. The second-order valence-corrected chi connectivity index (χ2v) is 8.03. The normalized spacial score (nSPS) is 21.1. The Morgan fingerprint density at radius 3 is 2.81 bits per heavy atom. The molecule has 0 saturated carbocycles. The van der Waals surface area contributed by atoms with E-state index in [-0.39, 0.29) is 17.9 Å². The van der Waals surface area contributed by atoms with Crippen LogP contribution < -0.4 is 0 Å². The molecular weight excluding hydrogens is 330 g/mol. The van der Waals surface area contributed by atoms with E-state index in [1.54, 1.807) is 0 Å². The van der Waals surface area contributed by atoms with E-state index in [0.29, 0.717) is 38.4 Å². The molecule has 7 nitrogen and oxygen atoms in total. The number of nitrogens with zero attached hydrogens (tertiary/aromatic N) is 5. The fourth-order valence-electron chi connectivity index (χ4n) is 4.15. The summed E-state index contributed by atoms with van der Waals surface area (Å²) in [6, 6.07) is 0.234. The van der Waals surface area contributed by atoms with E-state index in [2.05, 4.69) is 28.6 Å². The fraction of sp³-hybridized carbons (Fsp3) is 0.789. The maximum Gasteiger partial charge on any atom is 0.224 e. The van der Waals surface area contributed by atoms with Crippen LogP contribution in [0.1, 0.15) is 70.1 Å². The molecule has 1 fully saturated rings. The largest absolute Gasteiger partial charge is 0.342 e. The summed E-state index contributed by atoms with van der Waals surface area (Å²) < 4.78 is 2.20. The minimum Gasteiger partial charge on any atom is -0.342 e. The molecule has 1 saturated heterocycles. The van der Waals surface area contributed by atoms with Crippen LogP contribution in [-0.2, 0) is 16.1 Å². The Bertz CT molecular complexity index is 654. The summed E-state index contributed by atoms with van der Waals surface area (Å²) in [4.78, 5) is 28.7. The van der Waals surface area contributed by atoms with Crippen molar-refractivity contribution in [3.05, 3.63) is 11.6 Å². The highest BCUT2D eigenvalue weighted by Gasteiger charge is 2.31. The molecule has 0 unspecified atom stereocenters. The molecule has 0 spiro atoms. The number of aryl methyl sites for hydroxylation is 1. The molecular formula is C19H31N5O2. The van der Waals surface area contributed by atoms with Gasteiger partial charge in [-0.15, -0.1) is 10.2 Å². The van der Waals surface area contributed by atoms with Crippen LogP contribution in [0.25, 0.3) is 0 Å². The summed E-state index contributed by atoms with van der Waals surface area (Å²) in [5.74, 6) is 2.65. The van der Waals surface area contributed by atoms with Crippen LogP contribution in [-0.4, -0.2) is 56.0 Å². The smallest absolute Gasteiger partial charge is 0.224 e. The summed E-state index contributed by atoms with van der Waals surface area (Å²) in [5, 5.41) is 8.49. The van der Waals surface area contributed by atoms with Crippen molar-refractivity contribution in [2.75, 3.05) is 19.6 Å². The first-order valence-electron chi connectivity index (χ1n) is 9.91. The lowest BCUT2D eigenvalue weighted by Gasteiger charge is -2.35. The molecule has 2 aliphatic rings. The second-order valence-electron chi connectivity index (χ2n) is 8.03. The Labute approximate surface area is 155 Å². The summed E-state index contributed by atoms with van der Waals surface area (Å²) in [5.41, 5.74) is 0. The van der Waals surface area contributed by atoms with Gasteiger partial charge in [0.15, 0.2) is 5.82 Å². The van der Waals surface area contributed by atoms with E-state index in [0.717, 1.165) is 43.9 Å². The summed E-state index contributed by atoms with van der Waals surface area (Å²) >= 11 is 0. The van der Waals surface area contributed by atoms with E-state index in [4.69, 9.17) is 0 Å². The van der Waals surface area contributed by atoms with Gasteiger partial charge < -0.3 is 14.4 Å². The summed E-state index contributed by atoms with van der Waals surface area (Å²) in [6.07, 6.45) is 5.14. The van der Waals surface area contributed by atoms with Crippen molar-refractivity contribution >= 4 is 11.8 Å². The van der Waals surface area contributed by atoms with Crippen LogP contribution in [0.3, 0.4) is 0 Å². The molecule has 144 valence electrons. The third-order valence-electron chi connectivity index (χ3n) is 5.43. The maximum atomic E-state index is 12.8. The molecule has 0 aliphatic carbocycles. The molecule has 26 heavy (non-hydrogen) atoms. The van der Waals surface area contributed by atoms with Gasteiger partial charge in [-0.3, -0.25) is 9.59 Å². The van der Waals surface area contributed by atoms with Crippen molar-refractivity contribution in [2.45, 2.75) is 71.9 Å². The Morgan fingerprint density at radius 1 is 1.23 bits per heavy atom. The molecule has 1 aromatic heterocycles. The van der Waals surface area contributed by atoms with Gasteiger partial charge in [-0.2, -0.15) is 0 Å². The number of hydrogen-bond acceptors (Lipinski definition) is 4. The van der Waals surface area contributed by atoms with Gasteiger partial charge in [0.1, 0.15) is 5.82 Å². The van der Waals surface area contributed by atoms with Crippen LogP contribution in [0.2, 0.25) is 0 Å². The van der Waals surface area contributed by atoms with Crippen molar-refractivity contribution in [3.8, 4) is 0 Å². The summed E-state index contributed by atoms with van der Waals surface area (Å²) in [7, 11) is 0. The van der Waals surface area contributed by atoms with E-state index in [9.17, 15) is 9.59 Å². The number of hydrogen-bond donors (Lipinski definition) is 0. The van der Waals surface area contributed by atoms with Crippen LogP contribution in [0.4, 0.5) is 0 Å². The Kier molecular flexibility index (Phi) is 5.94. The third kappa shape index (κ3) is 4.24. The van der Waals surface area contributed by atoms with Crippen molar-refractivity contribution in [1.29, 1.82) is 0 Å². The van der Waals surface area contributed by atoms with Gasteiger partial charge >= 0.3 is 0 Å². The van der Waals surface area contributed by atoms with Crippen LogP contribution in [0.5, 0.6) is 0 Å². The van der Waals surface area contributed by atoms with Gasteiger partial charge in [0, 0.05) is 32.5 Å². The Hall–Kier alpha value is -1.92. The molecule has 0 radical (unpaired) electrons. The molecule has 2 aliphatic heterocycles. The highest BCUT2D eigenvalue weighted by atomic mass is 16.2. The lowest BCUT2D eigenvalue weighted by atomic mass is 10.0. The molecule has 0 N–H and O–H groups in total. The van der Waals surface area contributed by atoms with E-state index >= 15 is 0 Å². The van der Waals surface area contributed by atoms with Crippen LogP contribution >= 0.6 is 0 Å². The minimum atomic E-state index is 0.114. The number of aromatic nitrogens is 3. The van der Waals surface area contributed by atoms with E-state index < -0.39 is 0 Å². The fourth-order valence-corrected chi connectivity index (χ4v) is 4.15. The molecule has 0 aromatic carbocycles. The first-order valence-corrected chi connectivity index (χ1v) is 9.91. The van der Waals surface area contributed by atoms with Gasteiger partial charge in [-0.25, -0.2) is 0 Å². The van der Waals surface area contributed by atoms with Crippen molar-refractivity contribution in [3.63, 3.8) is 0 Å². The van der Waals surface area contributed by atoms with Crippen molar-refractivity contribution < 1.29 is 9.59 Å². The van der Waals surface area contributed by atoms with Crippen molar-refractivity contribution in [2.24, 2.45) is 5.92 Å². The number of rotatable bonds is 5. The van der Waals surface area contributed by atoms with Gasteiger partial charge in [0.05, 0.1) is 12.6 Å². The molecule has 2 amide bonds. The zero-order valence-corrected chi connectivity index (χ0v) is 16.3. The first kappa shape index (κ1) is 18.9.